The molecule has 0 bridgehead atoms. The largest absolute Gasteiger partial charge is 0.444 e. The zero-order chi connectivity index (χ0) is 15.9. The quantitative estimate of drug-likeness (QED) is 0.800. The Kier molecular flexibility index (Phi) is 3.70. The van der Waals surface area contributed by atoms with Crippen molar-refractivity contribution < 1.29 is 13.9 Å². The van der Waals surface area contributed by atoms with Crippen LogP contribution in [0.4, 0.5) is 15.0 Å². The van der Waals surface area contributed by atoms with Crippen LogP contribution in [0.2, 0.25) is 0 Å². The Morgan fingerprint density at radius 1 is 1.23 bits per heavy atom. The van der Waals surface area contributed by atoms with Crippen LogP contribution in [-0.2, 0) is 4.74 Å². The van der Waals surface area contributed by atoms with Gasteiger partial charge in [0, 0.05) is 38.0 Å². The summed E-state index contributed by atoms with van der Waals surface area (Å²) in [6.45, 7) is 8.77. The predicted octanol–water partition coefficient (Wildman–Crippen LogP) is 2.52. The molecule has 2 aliphatic heterocycles. The van der Waals surface area contributed by atoms with Crippen LogP contribution in [0.25, 0.3) is 0 Å². The molecule has 1 amide bonds. The van der Waals surface area contributed by atoms with Crippen LogP contribution in [0.5, 0.6) is 0 Å². The fourth-order valence-electron chi connectivity index (χ4n) is 3.21. The highest BCUT2D eigenvalue weighted by Gasteiger charge is 2.43. The lowest BCUT2D eigenvalue weighted by Gasteiger charge is -2.26. The molecule has 2 atom stereocenters. The Bertz CT molecular complexity index is 542. The fraction of sp³-hybridized carbons (Fsp3) is 0.625. The SMILES string of the molecule is CC(C)(C)OC(=O)N1CC2CN(c3ccc(F)cn3)CC2C1. The third kappa shape index (κ3) is 3.15. The number of rotatable bonds is 1. The van der Waals surface area contributed by atoms with Crippen LogP contribution in [-0.4, -0.2) is 47.8 Å². The van der Waals surface area contributed by atoms with E-state index in [1.165, 1.54) is 12.3 Å². The molecule has 0 aliphatic carbocycles. The maximum atomic E-state index is 12.9. The van der Waals surface area contributed by atoms with Crippen LogP contribution in [0.1, 0.15) is 20.8 Å². The zero-order valence-electron chi connectivity index (χ0n) is 13.3. The molecule has 0 saturated carbocycles. The molecule has 2 unspecified atom stereocenters. The lowest BCUT2D eigenvalue weighted by molar-refractivity contribution is 0.0282. The van der Waals surface area contributed by atoms with Crippen LogP contribution < -0.4 is 4.90 Å². The van der Waals surface area contributed by atoms with Gasteiger partial charge < -0.3 is 14.5 Å². The molecule has 22 heavy (non-hydrogen) atoms. The number of anilines is 1. The zero-order valence-corrected chi connectivity index (χ0v) is 13.3. The van der Waals surface area contributed by atoms with Crippen molar-refractivity contribution in [3.05, 3.63) is 24.1 Å². The molecule has 2 saturated heterocycles. The van der Waals surface area contributed by atoms with E-state index in [-0.39, 0.29) is 11.9 Å². The van der Waals surface area contributed by atoms with Crippen LogP contribution in [0, 0.1) is 17.7 Å². The average Bonchev–Trinajstić information content (AvgIpc) is 2.95. The third-order valence-corrected chi connectivity index (χ3v) is 4.17. The summed E-state index contributed by atoms with van der Waals surface area (Å²) in [7, 11) is 0. The van der Waals surface area contributed by atoms with Gasteiger partial charge >= 0.3 is 6.09 Å². The maximum Gasteiger partial charge on any atom is 0.410 e. The molecular formula is C16H22FN3O2. The Labute approximate surface area is 130 Å². The highest BCUT2D eigenvalue weighted by atomic mass is 19.1. The third-order valence-electron chi connectivity index (χ3n) is 4.17. The molecule has 1 aromatic heterocycles. The van der Waals surface area contributed by atoms with Crippen molar-refractivity contribution >= 4 is 11.9 Å². The lowest BCUT2D eigenvalue weighted by atomic mass is 10.0. The number of pyridine rings is 1. The van der Waals surface area contributed by atoms with Gasteiger partial charge in [-0.3, -0.25) is 0 Å². The number of amides is 1. The molecule has 0 aromatic carbocycles. The van der Waals surface area contributed by atoms with E-state index >= 15 is 0 Å². The van der Waals surface area contributed by atoms with Gasteiger partial charge in [-0.15, -0.1) is 0 Å². The second kappa shape index (κ2) is 5.41. The van der Waals surface area contributed by atoms with Gasteiger partial charge in [0.2, 0.25) is 0 Å². The number of carbonyl (C=O) groups is 1. The fourth-order valence-corrected chi connectivity index (χ4v) is 3.21. The lowest BCUT2D eigenvalue weighted by Crippen LogP contribution is -2.37. The van der Waals surface area contributed by atoms with Crippen molar-refractivity contribution in [1.29, 1.82) is 0 Å². The minimum absolute atomic E-state index is 0.228. The Balaban J connectivity index is 1.58. The van der Waals surface area contributed by atoms with Gasteiger partial charge in [-0.2, -0.15) is 0 Å². The van der Waals surface area contributed by atoms with E-state index < -0.39 is 5.60 Å². The molecule has 0 radical (unpaired) electrons. The van der Waals surface area contributed by atoms with E-state index in [0.717, 1.165) is 32.0 Å². The average molecular weight is 307 g/mol. The summed E-state index contributed by atoms with van der Waals surface area (Å²) in [6, 6.07) is 3.14. The van der Waals surface area contributed by atoms with Gasteiger partial charge in [0.15, 0.2) is 0 Å². The molecule has 2 fully saturated rings. The summed E-state index contributed by atoms with van der Waals surface area (Å²) in [6.07, 6.45) is 1.02. The van der Waals surface area contributed by atoms with E-state index in [2.05, 4.69) is 9.88 Å². The van der Waals surface area contributed by atoms with E-state index in [1.807, 2.05) is 20.8 Å². The monoisotopic (exact) mass is 307 g/mol. The Morgan fingerprint density at radius 3 is 2.36 bits per heavy atom. The summed E-state index contributed by atoms with van der Waals surface area (Å²) in [4.78, 5) is 20.2. The predicted molar refractivity (Wildman–Crippen MR) is 81.2 cm³/mol. The number of ether oxygens (including phenoxy) is 1. The summed E-state index contributed by atoms with van der Waals surface area (Å²) >= 11 is 0. The van der Waals surface area contributed by atoms with Crippen molar-refractivity contribution in [2.75, 3.05) is 31.1 Å². The smallest absolute Gasteiger partial charge is 0.410 e. The number of halogens is 1. The highest BCUT2D eigenvalue weighted by Crippen LogP contribution is 2.33. The normalized spacial score (nSPS) is 24.5. The second-order valence-corrected chi connectivity index (χ2v) is 7.15. The summed E-state index contributed by atoms with van der Waals surface area (Å²) < 4.78 is 18.4. The molecule has 5 nitrogen and oxygen atoms in total. The molecule has 3 heterocycles. The van der Waals surface area contributed by atoms with Gasteiger partial charge in [-0.05, 0) is 32.9 Å². The van der Waals surface area contributed by atoms with Crippen molar-refractivity contribution in [2.24, 2.45) is 11.8 Å². The summed E-state index contributed by atoms with van der Waals surface area (Å²) in [5.74, 6) is 1.35. The first kappa shape index (κ1) is 15.1. The van der Waals surface area contributed by atoms with E-state index in [1.54, 1.807) is 11.0 Å². The van der Waals surface area contributed by atoms with E-state index in [4.69, 9.17) is 4.74 Å². The van der Waals surface area contributed by atoms with Gasteiger partial charge in [0.25, 0.3) is 0 Å². The van der Waals surface area contributed by atoms with Gasteiger partial charge in [-0.25, -0.2) is 14.2 Å². The second-order valence-electron chi connectivity index (χ2n) is 7.15. The van der Waals surface area contributed by atoms with Crippen LogP contribution in [0.3, 0.4) is 0 Å². The molecule has 6 heteroatoms. The van der Waals surface area contributed by atoms with Crippen molar-refractivity contribution in [1.82, 2.24) is 9.88 Å². The van der Waals surface area contributed by atoms with Crippen molar-refractivity contribution in [2.45, 2.75) is 26.4 Å². The Hall–Kier alpha value is -1.85. The summed E-state index contributed by atoms with van der Waals surface area (Å²) in [5.41, 5.74) is -0.459. The first-order valence-electron chi connectivity index (χ1n) is 7.66. The number of nitrogens with zero attached hydrogens (tertiary/aromatic N) is 3. The van der Waals surface area contributed by atoms with E-state index in [9.17, 15) is 9.18 Å². The first-order chi connectivity index (χ1) is 10.3. The number of carbonyl (C=O) groups excluding carboxylic acids is 1. The number of aromatic nitrogens is 1. The highest BCUT2D eigenvalue weighted by molar-refractivity contribution is 5.68. The van der Waals surface area contributed by atoms with Crippen LogP contribution in [0.15, 0.2) is 18.3 Å². The van der Waals surface area contributed by atoms with Gasteiger partial charge in [0.05, 0.1) is 6.20 Å². The topological polar surface area (TPSA) is 45.7 Å². The molecule has 120 valence electrons. The molecule has 2 aliphatic rings. The molecule has 0 spiro atoms. The van der Waals surface area contributed by atoms with Crippen LogP contribution >= 0.6 is 0 Å². The van der Waals surface area contributed by atoms with Crippen molar-refractivity contribution in [3.8, 4) is 0 Å². The molecule has 1 aromatic rings. The van der Waals surface area contributed by atoms with Gasteiger partial charge in [0.1, 0.15) is 17.2 Å². The number of hydrogen-bond donors (Lipinski definition) is 0. The van der Waals surface area contributed by atoms with Gasteiger partial charge in [-0.1, -0.05) is 0 Å². The number of fused-ring (bicyclic) bond motifs is 1. The van der Waals surface area contributed by atoms with E-state index in [0.29, 0.717) is 11.8 Å². The summed E-state index contributed by atoms with van der Waals surface area (Å²) in [5, 5.41) is 0. The maximum absolute atomic E-state index is 12.9. The minimum Gasteiger partial charge on any atom is -0.444 e. The first-order valence-corrected chi connectivity index (χ1v) is 7.66. The minimum atomic E-state index is -0.459. The molecular weight excluding hydrogens is 285 g/mol. The molecule has 0 N–H and O–H groups in total. The Morgan fingerprint density at radius 2 is 1.86 bits per heavy atom. The molecule has 3 rings (SSSR count). The standard InChI is InChI=1S/C16H22FN3O2/c1-16(2,3)22-15(21)20-9-11-7-19(8-12(11)10-20)14-5-4-13(17)6-18-14/h4-6,11-12H,7-10H2,1-3H3. The number of likely N-dealkylation sites (tertiary alicyclic amines) is 1. The number of hydrogen-bond acceptors (Lipinski definition) is 4. The van der Waals surface area contributed by atoms with Crippen molar-refractivity contribution in [3.63, 3.8) is 0 Å².